The van der Waals surface area contributed by atoms with Crippen LogP contribution in [0.15, 0.2) is 70.2 Å². The van der Waals surface area contributed by atoms with E-state index in [-0.39, 0.29) is 12.3 Å². The first-order chi connectivity index (χ1) is 12.7. The number of amides is 1. The number of fused-ring (bicyclic) bond motifs is 1. The first kappa shape index (κ1) is 16.0. The number of hydrogen-bond donors (Lipinski definition) is 1. The largest absolute Gasteiger partial charge is 0.497 e. The van der Waals surface area contributed by atoms with Crippen LogP contribution in [0.25, 0.3) is 22.3 Å². The van der Waals surface area contributed by atoms with Crippen LogP contribution >= 0.6 is 0 Å². The summed E-state index contributed by atoms with van der Waals surface area (Å²) in [6.45, 7) is 0. The van der Waals surface area contributed by atoms with Crippen molar-refractivity contribution in [2.45, 2.75) is 6.42 Å². The van der Waals surface area contributed by atoms with E-state index in [1.807, 2.05) is 36.4 Å². The number of benzene rings is 2. The molecule has 4 aromatic rings. The molecule has 2 aromatic carbocycles. The normalized spacial score (nSPS) is 10.8. The van der Waals surface area contributed by atoms with Gasteiger partial charge in [-0.1, -0.05) is 0 Å². The Labute approximate surface area is 149 Å². The van der Waals surface area contributed by atoms with Gasteiger partial charge >= 0.3 is 0 Å². The molecule has 0 spiro atoms. The Bertz CT molecular complexity index is 1030. The Balaban J connectivity index is 1.45. The molecule has 0 aliphatic heterocycles. The monoisotopic (exact) mass is 348 g/mol. The number of hydrogen-bond acceptors (Lipinski definition) is 5. The second kappa shape index (κ2) is 6.76. The summed E-state index contributed by atoms with van der Waals surface area (Å²) in [4.78, 5) is 16.2. The van der Waals surface area contributed by atoms with Gasteiger partial charge in [0.25, 0.3) is 0 Å². The lowest BCUT2D eigenvalue weighted by Gasteiger charge is -2.05. The lowest BCUT2D eigenvalue weighted by atomic mass is 10.1. The second-order valence-corrected chi connectivity index (χ2v) is 5.79. The van der Waals surface area contributed by atoms with Crippen LogP contribution in [0.2, 0.25) is 0 Å². The molecule has 0 aliphatic carbocycles. The zero-order valence-corrected chi connectivity index (χ0v) is 14.1. The zero-order chi connectivity index (χ0) is 17.9. The molecule has 0 aliphatic rings. The molecular weight excluding hydrogens is 332 g/mol. The highest BCUT2D eigenvalue weighted by Crippen LogP contribution is 2.26. The minimum Gasteiger partial charge on any atom is -0.497 e. The summed E-state index contributed by atoms with van der Waals surface area (Å²) in [7, 11) is 1.60. The van der Waals surface area contributed by atoms with E-state index in [1.54, 1.807) is 25.6 Å². The maximum absolute atomic E-state index is 12.4. The fourth-order valence-corrected chi connectivity index (χ4v) is 2.78. The summed E-state index contributed by atoms with van der Waals surface area (Å²) < 4.78 is 16.0. The summed E-state index contributed by atoms with van der Waals surface area (Å²) in [5.74, 6) is 1.29. The lowest BCUT2D eigenvalue weighted by Crippen LogP contribution is -2.14. The van der Waals surface area contributed by atoms with Gasteiger partial charge in [-0.2, -0.15) is 0 Å². The van der Waals surface area contributed by atoms with Crippen LogP contribution in [-0.4, -0.2) is 18.0 Å². The summed E-state index contributed by atoms with van der Waals surface area (Å²) in [6, 6.07) is 12.9. The number of carbonyl (C=O) groups excluding carboxylic acids is 1. The second-order valence-electron chi connectivity index (χ2n) is 5.79. The van der Waals surface area contributed by atoms with Crippen molar-refractivity contribution in [3.63, 3.8) is 0 Å². The zero-order valence-electron chi connectivity index (χ0n) is 14.1. The van der Waals surface area contributed by atoms with Gasteiger partial charge in [0.05, 0.1) is 26.0 Å². The van der Waals surface area contributed by atoms with Crippen LogP contribution in [0.1, 0.15) is 5.56 Å². The number of rotatable bonds is 5. The molecule has 0 atom stereocenters. The molecule has 0 fully saturated rings. The maximum Gasteiger partial charge on any atom is 0.228 e. The Kier molecular flexibility index (Phi) is 4.15. The number of aromatic nitrogens is 1. The predicted molar refractivity (Wildman–Crippen MR) is 97.0 cm³/mol. The maximum atomic E-state index is 12.4. The molecular formula is C20H16N2O4. The van der Waals surface area contributed by atoms with Gasteiger partial charge in [0.2, 0.25) is 5.91 Å². The minimum atomic E-state index is -0.115. The van der Waals surface area contributed by atoms with Crippen molar-refractivity contribution in [2.75, 3.05) is 12.4 Å². The Morgan fingerprint density at radius 1 is 1.15 bits per heavy atom. The minimum absolute atomic E-state index is 0.115. The summed E-state index contributed by atoms with van der Waals surface area (Å²) >= 11 is 0. The van der Waals surface area contributed by atoms with Gasteiger partial charge in [-0.15, -0.1) is 0 Å². The van der Waals surface area contributed by atoms with Gasteiger partial charge in [0, 0.05) is 28.3 Å². The predicted octanol–water partition coefficient (Wildman–Crippen LogP) is 4.28. The molecule has 0 radical (unpaired) electrons. The summed E-state index contributed by atoms with van der Waals surface area (Å²) in [5.41, 5.74) is 3.14. The van der Waals surface area contributed by atoms with Crippen LogP contribution in [0.3, 0.4) is 0 Å². The molecule has 1 amide bonds. The van der Waals surface area contributed by atoms with E-state index in [9.17, 15) is 4.79 Å². The SMILES string of the molecule is COc1ccc2c(CC(=O)Nc3ccc(-c4cnco4)cc3)coc2c1. The number of ether oxygens (including phenoxy) is 1. The van der Waals surface area contributed by atoms with Crippen LogP contribution in [-0.2, 0) is 11.2 Å². The number of furan rings is 1. The molecule has 130 valence electrons. The highest BCUT2D eigenvalue weighted by Gasteiger charge is 2.12. The van der Waals surface area contributed by atoms with E-state index in [1.165, 1.54) is 6.39 Å². The standard InChI is InChI=1S/C20H16N2O4/c1-24-16-6-7-17-14(11-25-18(17)9-16)8-20(23)22-15-4-2-13(3-5-15)19-10-21-12-26-19/h2-7,9-12H,8H2,1H3,(H,22,23). The Hall–Kier alpha value is -3.54. The van der Waals surface area contributed by atoms with E-state index < -0.39 is 0 Å². The van der Waals surface area contributed by atoms with Gasteiger partial charge < -0.3 is 18.9 Å². The van der Waals surface area contributed by atoms with Crippen LogP contribution < -0.4 is 10.1 Å². The van der Waals surface area contributed by atoms with Gasteiger partial charge in [-0.05, 0) is 36.4 Å². The average molecular weight is 348 g/mol. The third-order valence-electron chi connectivity index (χ3n) is 4.10. The fraction of sp³-hybridized carbons (Fsp3) is 0.100. The molecule has 6 nitrogen and oxygen atoms in total. The van der Waals surface area contributed by atoms with Crippen LogP contribution in [0.4, 0.5) is 5.69 Å². The van der Waals surface area contributed by atoms with Gasteiger partial charge in [-0.25, -0.2) is 4.98 Å². The molecule has 0 saturated heterocycles. The Morgan fingerprint density at radius 3 is 2.73 bits per heavy atom. The number of nitrogens with one attached hydrogen (secondary N) is 1. The van der Waals surface area contributed by atoms with E-state index >= 15 is 0 Å². The molecule has 0 bridgehead atoms. The molecule has 2 heterocycles. The van der Waals surface area contributed by atoms with Crippen molar-refractivity contribution in [3.05, 3.63) is 66.9 Å². The fourth-order valence-electron chi connectivity index (χ4n) is 2.78. The van der Waals surface area contributed by atoms with Crippen LogP contribution in [0.5, 0.6) is 5.75 Å². The van der Waals surface area contributed by atoms with Crippen molar-refractivity contribution in [3.8, 4) is 17.1 Å². The summed E-state index contributed by atoms with van der Waals surface area (Å²) in [6.07, 6.45) is 4.86. The third-order valence-corrected chi connectivity index (χ3v) is 4.10. The highest BCUT2D eigenvalue weighted by molar-refractivity contribution is 5.95. The van der Waals surface area contributed by atoms with E-state index in [0.717, 1.165) is 22.3 Å². The number of anilines is 1. The van der Waals surface area contributed by atoms with Crippen molar-refractivity contribution in [2.24, 2.45) is 0 Å². The smallest absolute Gasteiger partial charge is 0.228 e. The lowest BCUT2D eigenvalue weighted by molar-refractivity contribution is -0.115. The molecule has 1 N–H and O–H groups in total. The molecule has 0 saturated carbocycles. The number of nitrogens with zero attached hydrogens (tertiary/aromatic N) is 1. The van der Waals surface area contributed by atoms with Gasteiger partial charge in [-0.3, -0.25) is 4.79 Å². The highest BCUT2D eigenvalue weighted by atomic mass is 16.5. The van der Waals surface area contributed by atoms with Crippen molar-refractivity contribution in [1.82, 2.24) is 4.98 Å². The molecule has 4 rings (SSSR count). The number of oxazole rings is 1. The average Bonchev–Trinajstić information content (AvgIpc) is 3.32. The van der Waals surface area contributed by atoms with Gasteiger partial charge in [0.1, 0.15) is 11.3 Å². The third kappa shape index (κ3) is 3.17. The first-order valence-electron chi connectivity index (χ1n) is 8.06. The summed E-state index contributed by atoms with van der Waals surface area (Å²) in [5, 5.41) is 3.79. The van der Waals surface area contributed by atoms with E-state index in [0.29, 0.717) is 17.0 Å². The van der Waals surface area contributed by atoms with Crippen molar-refractivity contribution < 1.29 is 18.4 Å². The number of methoxy groups -OCH3 is 1. The van der Waals surface area contributed by atoms with Crippen molar-refractivity contribution >= 4 is 22.6 Å². The Morgan fingerprint density at radius 2 is 2.00 bits per heavy atom. The quantitative estimate of drug-likeness (QED) is 0.582. The molecule has 6 heteroatoms. The van der Waals surface area contributed by atoms with E-state index in [4.69, 9.17) is 13.6 Å². The van der Waals surface area contributed by atoms with E-state index in [2.05, 4.69) is 10.3 Å². The number of carbonyl (C=O) groups is 1. The topological polar surface area (TPSA) is 77.5 Å². The molecule has 26 heavy (non-hydrogen) atoms. The van der Waals surface area contributed by atoms with Crippen LogP contribution in [0, 0.1) is 0 Å². The van der Waals surface area contributed by atoms with Gasteiger partial charge in [0.15, 0.2) is 12.2 Å². The first-order valence-corrected chi connectivity index (χ1v) is 8.06. The molecule has 0 unspecified atom stereocenters. The molecule has 2 aromatic heterocycles. The van der Waals surface area contributed by atoms with Crippen molar-refractivity contribution in [1.29, 1.82) is 0 Å².